The Kier molecular flexibility index (Phi) is 9.99. The predicted octanol–water partition coefficient (Wildman–Crippen LogP) is 5.58. The molecule has 0 bridgehead atoms. The number of benzene rings is 1. The Balaban J connectivity index is 2.15. The van der Waals surface area contributed by atoms with Crippen LogP contribution in [0.2, 0.25) is 0 Å². The lowest BCUT2D eigenvalue weighted by Gasteiger charge is -2.26. The average Bonchev–Trinajstić information content (AvgIpc) is 3.18. The molecule has 2 aliphatic rings. The van der Waals surface area contributed by atoms with Gasteiger partial charge in [0.15, 0.2) is 24.5 Å². The summed E-state index contributed by atoms with van der Waals surface area (Å²) in [5.74, 6) is -4.22. The highest BCUT2D eigenvalue weighted by molar-refractivity contribution is 5.99. The number of anilines is 1. The van der Waals surface area contributed by atoms with E-state index in [0.717, 1.165) is 6.08 Å². The van der Waals surface area contributed by atoms with Gasteiger partial charge >= 0.3 is 12.1 Å². The van der Waals surface area contributed by atoms with Gasteiger partial charge in [-0.15, -0.1) is 0 Å². The summed E-state index contributed by atoms with van der Waals surface area (Å²) in [6, 6.07) is 3.13. The number of ether oxygens (including phenoxy) is 6. The van der Waals surface area contributed by atoms with Crippen LogP contribution in [0.25, 0.3) is 6.08 Å². The zero-order valence-electron chi connectivity index (χ0n) is 25.1. The smallest absolute Gasteiger partial charge is 0.414 e. The van der Waals surface area contributed by atoms with Gasteiger partial charge in [0.1, 0.15) is 23.0 Å². The van der Waals surface area contributed by atoms with E-state index in [1.165, 1.54) is 25.1 Å². The Morgan fingerprint density at radius 2 is 1.85 bits per heavy atom. The molecule has 1 aromatic carbocycles. The SMILES string of the molecule is COCOc1cc(N(C)C(=O)OC(C)(C)C)cc2c1C(=O)O[C@@H](C)[C@H](C)/C=C(/F)C(=O)[C@H]1OC(C)(C)O[C@H]1CC=C2. The summed E-state index contributed by atoms with van der Waals surface area (Å²) >= 11 is 0. The van der Waals surface area contributed by atoms with Crippen LogP contribution in [0.15, 0.2) is 30.1 Å². The average molecular weight is 578 g/mol. The van der Waals surface area contributed by atoms with E-state index in [1.54, 1.807) is 66.7 Å². The van der Waals surface area contributed by atoms with Crippen molar-refractivity contribution in [2.75, 3.05) is 25.9 Å². The van der Waals surface area contributed by atoms with Gasteiger partial charge in [0.25, 0.3) is 0 Å². The first-order valence-electron chi connectivity index (χ1n) is 13.4. The van der Waals surface area contributed by atoms with Crippen LogP contribution in [0.5, 0.6) is 5.75 Å². The molecule has 11 heteroatoms. The standard InChI is InChI=1S/C30H40FNO9/c1-17-13-21(31)25(33)26-22(39-30(6,7)40-26)12-10-11-19-14-20(32(8)28(35)41-29(3,4)5)15-23(37-16-36-9)24(19)27(34)38-18(17)2/h10-11,13-15,17-18,22,26H,12,16H2,1-9H3/b11-10?,21-13+/t17-,18+,22+,26+/m1/s1. The van der Waals surface area contributed by atoms with Gasteiger partial charge in [0.05, 0.1) is 11.8 Å². The lowest BCUT2D eigenvalue weighted by molar-refractivity contribution is -0.153. The second-order valence-electron chi connectivity index (χ2n) is 11.6. The maximum absolute atomic E-state index is 15.0. The van der Waals surface area contributed by atoms with Gasteiger partial charge in [0.2, 0.25) is 5.78 Å². The third-order valence-electron chi connectivity index (χ3n) is 6.49. The molecule has 0 radical (unpaired) electrons. The Morgan fingerprint density at radius 3 is 2.49 bits per heavy atom. The molecule has 0 unspecified atom stereocenters. The minimum atomic E-state index is -1.16. The van der Waals surface area contributed by atoms with Gasteiger partial charge in [0, 0.05) is 26.1 Å². The van der Waals surface area contributed by atoms with Crippen LogP contribution >= 0.6 is 0 Å². The molecule has 0 aliphatic carbocycles. The highest BCUT2D eigenvalue weighted by atomic mass is 19.1. The van der Waals surface area contributed by atoms with Crippen molar-refractivity contribution in [3.63, 3.8) is 0 Å². The third-order valence-corrected chi connectivity index (χ3v) is 6.49. The van der Waals surface area contributed by atoms with E-state index in [2.05, 4.69) is 0 Å². The number of esters is 1. The van der Waals surface area contributed by atoms with Crippen molar-refractivity contribution in [2.24, 2.45) is 5.92 Å². The molecule has 2 heterocycles. The van der Waals surface area contributed by atoms with E-state index in [4.69, 9.17) is 28.4 Å². The molecule has 0 saturated carbocycles. The molecule has 0 spiro atoms. The molecule has 2 aliphatic heterocycles. The topological polar surface area (TPSA) is 110 Å². The van der Waals surface area contributed by atoms with Crippen molar-refractivity contribution in [1.29, 1.82) is 0 Å². The number of carbonyl (C=O) groups is 3. The van der Waals surface area contributed by atoms with E-state index in [0.29, 0.717) is 11.3 Å². The number of rotatable bonds is 4. The molecule has 1 fully saturated rings. The summed E-state index contributed by atoms with van der Waals surface area (Å²) in [4.78, 5) is 40.6. The van der Waals surface area contributed by atoms with Gasteiger partial charge < -0.3 is 28.4 Å². The van der Waals surface area contributed by atoms with Crippen molar-refractivity contribution in [1.82, 2.24) is 0 Å². The molecule has 1 amide bonds. The van der Waals surface area contributed by atoms with E-state index < -0.39 is 59.3 Å². The Labute approximate surface area is 240 Å². The van der Waals surface area contributed by atoms with E-state index in [-0.39, 0.29) is 24.5 Å². The fourth-order valence-corrected chi connectivity index (χ4v) is 4.32. The molecule has 4 atom stereocenters. The first kappa shape index (κ1) is 32.2. The maximum atomic E-state index is 15.0. The lowest BCUT2D eigenvalue weighted by Crippen LogP contribution is -2.34. The van der Waals surface area contributed by atoms with Crippen molar-refractivity contribution in [2.45, 2.75) is 84.6 Å². The number of ketones is 1. The van der Waals surface area contributed by atoms with Crippen molar-refractivity contribution in [3.8, 4) is 5.75 Å². The zero-order valence-corrected chi connectivity index (χ0v) is 25.1. The van der Waals surface area contributed by atoms with Gasteiger partial charge in [-0.3, -0.25) is 9.69 Å². The van der Waals surface area contributed by atoms with Crippen LogP contribution in [-0.4, -0.2) is 68.5 Å². The molecule has 1 saturated heterocycles. The van der Waals surface area contributed by atoms with Gasteiger partial charge in [-0.25, -0.2) is 14.0 Å². The molecule has 41 heavy (non-hydrogen) atoms. The summed E-state index contributed by atoms with van der Waals surface area (Å²) in [7, 11) is 2.97. The van der Waals surface area contributed by atoms with Gasteiger partial charge in [-0.05, 0) is 65.7 Å². The molecule has 226 valence electrons. The number of carbonyl (C=O) groups excluding carboxylic acids is 3. The largest absolute Gasteiger partial charge is 0.467 e. The second-order valence-corrected chi connectivity index (χ2v) is 11.6. The highest BCUT2D eigenvalue weighted by Crippen LogP contribution is 2.35. The van der Waals surface area contributed by atoms with Crippen LogP contribution in [0.4, 0.5) is 14.9 Å². The number of halogens is 1. The van der Waals surface area contributed by atoms with Crippen LogP contribution in [0.1, 0.15) is 70.8 Å². The number of hydrogen-bond donors (Lipinski definition) is 0. The Hall–Kier alpha value is -3.28. The summed E-state index contributed by atoms with van der Waals surface area (Å²) in [6.45, 7) is 11.6. The highest BCUT2D eigenvalue weighted by Gasteiger charge is 2.45. The van der Waals surface area contributed by atoms with Crippen LogP contribution < -0.4 is 9.64 Å². The van der Waals surface area contributed by atoms with Gasteiger partial charge in [-0.2, -0.15) is 0 Å². The first-order valence-corrected chi connectivity index (χ1v) is 13.4. The molecular formula is C30H40FNO9. The number of Topliss-reactive ketones (excluding diaryl/α,β-unsaturated/α-hetero) is 1. The normalized spacial score (nSPS) is 26.1. The summed E-state index contributed by atoms with van der Waals surface area (Å²) in [5.41, 5.74) is 0.0958. The van der Waals surface area contributed by atoms with Crippen molar-refractivity contribution in [3.05, 3.63) is 41.2 Å². The third kappa shape index (κ3) is 8.15. The van der Waals surface area contributed by atoms with E-state index >= 15 is 4.39 Å². The number of methoxy groups -OCH3 is 1. The van der Waals surface area contributed by atoms with Crippen molar-refractivity contribution < 1.29 is 47.2 Å². The van der Waals surface area contributed by atoms with Crippen LogP contribution in [0.3, 0.4) is 0 Å². The minimum absolute atomic E-state index is 0.0803. The number of hydrogen-bond acceptors (Lipinski definition) is 9. The second kappa shape index (κ2) is 12.7. The molecule has 3 rings (SSSR count). The molecular weight excluding hydrogens is 537 g/mol. The summed E-state index contributed by atoms with van der Waals surface area (Å²) in [5, 5.41) is 0. The minimum Gasteiger partial charge on any atom is -0.467 e. The number of fused-ring (bicyclic) bond motifs is 2. The molecule has 0 N–H and O–H groups in total. The van der Waals surface area contributed by atoms with Crippen LogP contribution in [0, 0.1) is 5.92 Å². The first-order chi connectivity index (χ1) is 19.0. The monoisotopic (exact) mass is 577 g/mol. The fraction of sp³-hybridized carbons (Fsp3) is 0.567. The fourth-order valence-electron chi connectivity index (χ4n) is 4.32. The predicted molar refractivity (Wildman–Crippen MR) is 149 cm³/mol. The van der Waals surface area contributed by atoms with E-state index in [9.17, 15) is 14.4 Å². The lowest BCUT2D eigenvalue weighted by atomic mass is 9.98. The van der Waals surface area contributed by atoms with Crippen LogP contribution in [-0.2, 0) is 28.5 Å². The molecule has 10 nitrogen and oxygen atoms in total. The van der Waals surface area contributed by atoms with Crippen molar-refractivity contribution >= 4 is 29.6 Å². The number of amides is 1. The maximum Gasteiger partial charge on any atom is 0.414 e. The quantitative estimate of drug-likeness (QED) is 0.334. The van der Waals surface area contributed by atoms with E-state index in [1.807, 2.05) is 0 Å². The van der Waals surface area contributed by atoms with Gasteiger partial charge in [-0.1, -0.05) is 19.1 Å². The summed E-state index contributed by atoms with van der Waals surface area (Å²) < 4.78 is 48.7. The Morgan fingerprint density at radius 1 is 1.17 bits per heavy atom. The molecule has 0 aromatic heterocycles. The summed E-state index contributed by atoms with van der Waals surface area (Å²) in [6.07, 6.45) is 1.22. The number of cyclic esters (lactones) is 1. The molecule has 1 aromatic rings. The number of nitrogens with zero attached hydrogens (tertiary/aromatic N) is 1. The Bertz CT molecular complexity index is 1220. The zero-order chi connectivity index (χ0) is 30.7.